The van der Waals surface area contributed by atoms with Crippen molar-refractivity contribution in [3.63, 3.8) is 0 Å². The molecule has 2 aromatic rings. The van der Waals surface area contributed by atoms with Crippen LogP contribution in [0.2, 0.25) is 0 Å². The van der Waals surface area contributed by atoms with Crippen molar-refractivity contribution in [3.8, 4) is 0 Å². The van der Waals surface area contributed by atoms with Gasteiger partial charge in [-0.1, -0.05) is 49.6 Å². The lowest BCUT2D eigenvalue weighted by atomic mass is 9.65. The van der Waals surface area contributed by atoms with Crippen molar-refractivity contribution < 1.29 is 4.79 Å². The molecule has 108 valence electrons. The smallest absolute Gasteiger partial charge is 0.177 e. The third-order valence-electron chi connectivity index (χ3n) is 4.55. The van der Waals surface area contributed by atoms with Crippen molar-refractivity contribution in [1.29, 1.82) is 0 Å². The number of carbonyl (C=O) groups is 1. The molecule has 3 nitrogen and oxygen atoms in total. The van der Waals surface area contributed by atoms with Crippen LogP contribution in [0.15, 0.2) is 48.7 Å². The highest BCUT2D eigenvalue weighted by molar-refractivity contribution is 6.07. The lowest BCUT2D eigenvalue weighted by Gasteiger charge is -2.36. The van der Waals surface area contributed by atoms with Crippen molar-refractivity contribution in [2.75, 3.05) is 5.73 Å². The first kappa shape index (κ1) is 13.8. The molecule has 0 radical (unpaired) electrons. The van der Waals surface area contributed by atoms with Gasteiger partial charge in [0.15, 0.2) is 5.78 Å². The van der Waals surface area contributed by atoms with E-state index in [2.05, 4.69) is 17.1 Å². The molecule has 1 fully saturated rings. The number of benzene rings is 1. The minimum absolute atomic E-state index is 0.124. The number of aromatic nitrogens is 1. The Kier molecular flexibility index (Phi) is 3.74. The summed E-state index contributed by atoms with van der Waals surface area (Å²) in [5.41, 5.74) is 7.17. The number of Topliss-reactive ketones (excluding diaryl/α,β-unsaturated/α-hetero) is 1. The topological polar surface area (TPSA) is 56.0 Å². The first-order valence-electron chi connectivity index (χ1n) is 7.55. The van der Waals surface area contributed by atoms with Crippen LogP contribution in [-0.4, -0.2) is 10.8 Å². The first-order valence-corrected chi connectivity index (χ1v) is 7.55. The summed E-state index contributed by atoms with van der Waals surface area (Å²) in [5.74, 6) is 0.461. The third-order valence-corrected chi connectivity index (χ3v) is 4.55. The number of hydrogen-bond donors (Lipinski definition) is 1. The Bertz CT molecular complexity index is 631. The second kappa shape index (κ2) is 5.68. The van der Waals surface area contributed by atoms with E-state index in [9.17, 15) is 4.79 Å². The van der Waals surface area contributed by atoms with E-state index < -0.39 is 5.41 Å². The van der Waals surface area contributed by atoms with Crippen molar-refractivity contribution in [1.82, 2.24) is 4.98 Å². The van der Waals surface area contributed by atoms with E-state index in [1.165, 1.54) is 6.42 Å². The van der Waals surface area contributed by atoms with Crippen LogP contribution in [-0.2, 0) is 5.41 Å². The number of rotatable bonds is 3. The Balaban J connectivity index is 2.08. The third kappa shape index (κ3) is 2.44. The van der Waals surface area contributed by atoms with Crippen molar-refractivity contribution in [2.24, 2.45) is 0 Å². The largest absolute Gasteiger partial charge is 0.383 e. The number of nitrogens with zero attached hydrogens (tertiary/aromatic N) is 1. The molecule has 21 heavy (non-hydrogen) atoms. The molecular weight excluding hydrogens is 260 g/mol. The fourth-order valence-electron chi connectivity index (χ4n) is 3.43. The molecule has 0 saturated heterocycles. The first-order chi connectivity index (χ1) is 10.2. The van der Waals surface area contributed by atoms with Crippen molar-refractivity contribution in [2.45, 2.75) is 37.5 Å². The van der Waals surface area contributed by atoms with Gasteiger partial charge in [-0.15, -0.1) is 0 Å². The van der Waals surface area contributed by atoms with E-state index in [0.29, 0.717) is 11.4 Å². The summed E-state index contributed by atoms with van der Waals surface area (Å²) in [6.07, 6.45) is 6.78. The van der Waals surface area contributed by atoms with Gasteiger partial charge in [-0.2, -0.15) is 0 Å². The Hall–Kier alpha value is -2.16. The van der Waals surface area contributed by atoms with Crippen LogP contribution < -0.4 is 5.73 Å². The second-order valence-electron chi connectivity index (χ2n) is 5.77. The second-order valence-corrected chi connectivity index (χ2v) is 5.77. The summed E-state index contributed by atoms with van der Waals surface area (Å²) < 4.78 is 0. The monoisotopic (exact) mass is 280 g/mol. The molecular formula is C18H20N2O. The van der Waals surface area contributed by atoms with Crippen molar-refractivity contribution >= 4 is 11.6 Å². The molecule has 0 spiro atoms. The van der Waals surface area contributed by atoms with E-state index >= 15 is 0 Å². The maximum absolute atomic E-state index is 13.2. The highest BCUT2D eigenvalue weighted by Gasteiger charge is 2.41. The van der Waals surface area contributed by atoms with Gasteiger partial charge >= 0.3 is 0 Å². The summed E-state index contributed by atoms with van der Waals surface area (Å²) in [4.78, 5) is 17.3. The lowest BCUT2D eigenvalue weighted by molar-refractivity contribution is 0.0840. The number of hydrogen-bond acceptors (Lipinski definition) is 3. The minimum Gasteiger partial charge on any atom is -0.383 e. The van der Waals surface area contributed by atoms with Gasteiger partial charge in [0, 0.05) is 6.20 Å². The Labute approximate surface area is 125 Å². The zero-order valence-corrected chi connectivity index (χ0v) is 12.1. The van der Waals surface area contributed by atoms with Gasteiger partial charge in [0.25, 0.3) is 0 Å². The van der Waals surface area contributed by atoms with Gasteiger partial charge in [0.05, 0.1) is 11.0 Å². The van der Waals surface area contributed by atoms with Gasteiger partial charge in [0.2, 0.25) is 0 Å². The zero-order valence-electron chi connectivity index (χ0n) is 12.1. The van der Waals surface area contributed by atoms with Crippen LogP contribution >= 0.6 is 0 Å². The molecule has 3 rings (SSSR count). The summed E-state index contributed by atoms with van der Waals surface area (Å²) >= 11 is 0. The molecule has 2 N–H and O–H groups in total. The fourth-order valence-corrected chi connectivity index (χ4v) is 3.43. The van der Waals surface area contributed by atoms with E-state index in [0.717, 1.165) is 31.2 Å². The molecule has 0 amide bonds. The molecule has 1 aromatic heterocycles. The average Bonchev–Trinajstić information content (AvgIpc) is 2.56. The van der Waals surface area contributed by atoms with Crippen LogP contribution in [0.3, 0.4) is 0 Å². The summed E-state index contributed by atoms with van der Waals surface area (Å²) in [5, 5.41) is 0. The van der Waals surface area contributed by atoms with Gasteiger partial charge in [-0.25, -0.2) is 4.98 Å². The Morgan fingerprint density at radius 3 is 2.38 bits per heavy atom. The van der Waals surface area contributed by atoms with Crippen LogP contribution in [0, 0.1) is 0 Å². The molecule has 1 aliphatic rings. The van der Waals surface area contributed by atoms with Gasteiger partial charge in [0.1, 0.15) is 5.82 Å². The van der Waals surface area contributed by atoms with E-state index in [1.54, 1.807) is 18.3 Å². The summed E-state index contributed by atoms with van der Waals surface area (Å²) in [7, 11) is 0. The molecule has 1 aromatic carbocycles. The molecule has 0 aliphatic heterocycles. The molecule has 1 aliphatic carbocycles. The number of nitrogens with two attached hydrogens (primary N) is 1. The highest BCUT2D eigenvalue weighted by atomic mass is 16.1. The van der Waals surface area contributed by atoms with Crippen LogP contribution in [0.5, 0.6) is 0 Å². The van der Waals surface area contributed by atoms with E-state index in [4.69, 9.17) is 5.73 Å². The number of pyridine rings is 1. The molecule has 0 bridgehead atoms. The lowest BCUT2D eigenvalue weighted by Crippen LogP contribution is -2.38. The van der Waals surface area contributed by atoms with Gasteiger partial charge < -0.3 is 5.73 Å². The zero-order chi connectivity index (χ0) is 14.7. The predicted molar refractivity (Wildman–Crippen MR) is 84.2 cm³/mol. The Morgan fingerprint density at radius 2 is 1.71 bits per heavy atom. The SMILES string of the molecule is Nc1ncccc1C(=O)C1(c2ccccc2)CCCCC1. The van der Waals surface area contributed by atoms with Crippen LogP contribution in [0.1, 0.15) is 48.0 Å². The van der Waals surface area contributed by atoms with E-state index in [1.807, 2.05) is 18.2 Å². The quantitative estimate of drug-likeness (QED) is 0.871. The van der Waals surface area contributed by atoms with Gasteiger partial charge in [-0.3, -0.25) is 4.79 Å². The van der Waals surface area contributed by atoms with Crippen LogP contribution in [0.4, 0.5) is 5.82 Å². The standard InChI is InChI=1S/C18H20N2O/c19-17-15(10-7-13-20-17)16(21)18(11-5-2-6-12-18)14-8-3-1-4-9-14/h1,3-4,7-10,13H,2,5-6,11-12H2,(H2,19,20). The summed E-state index contributed by atoms with van der Waals surface area (Å²) in [6, 6.07) is 13.7. The highest BCUT2D eigenvalue weighted by Crippen LogP contribution is 2.42. The average molecular weight is 280 g/mol. The molecule has 1 heterocycles. The fraction of sp³-hybridized carbons (Fsp3) is 0.333. The van der Waals surface area contributed by atoms with Crippen molar-refractivity contribution in [3.05, 3.63) is 59.8 Å². The molecule has 3 heteroatoms. The minimum atomic E-state index is -0.434. The molecule has 0 atom stereocenters. The summed E-state index contributed by atoms with van der Waals surface area (Å²) in [6.45, 7) is 0. The number of ketones is 1. The molecule has 0 unspecified atom stereocenters. The predicted octanol–water partition coefficient (Wildman–Crippen LogP) is 3.75. The number of carbonyl (C=O) groups excluding carboxylic acids is 1. The van der Waals surface area contributed by atoms with Crippen LogP contribution in [0.25, 0.3) is 0 Å². The maximum Gasteiger partial charge on any atom is 0.177 e. The normalized spacial score (nSPS) is 17.3. The Morgan fingerprint density at radius 1 is 1.00 bits per heavy atom. The maximum atomic E-state index is 13.2. The van der Waals surface area contributed by atoms with E-state index in [-0.39, 0.29) is 5.78 Å². The van der Waals surface area contributed by atoms with Gasteiger partial charge in [-0.05, 0) is 30.5 Å². The number of nitrogen functional groups attached to an aromatic ring is 1. The number of anilines is 1. The molecule has 1 saturated carbocycles.